The van der Waals surface area contributed by atoms with Gasteiger partial charge in [0.05, 0.1) is 5.02 Å². The summed E-state index contributed by atoms with van der Waals surface area (Å²) in [6, 6.07) is 7.85. The third kappa shape index (κ3) is 3.73. The number of rotatable bonds is 5. The molecule has 2 unspecified atom stereocenters. The molecule has 0 heterocycles. The number of likely N-dealkylation sites (N-methyl/N-ethyl adjacent to an activating group) is 1. The Hall–Kier alpha value is -0.730. The molecule has 0 bridgehead atoms. The molecule has 15 heavy (non-hydrogen) atoms. The molecule has 0 amide bonds. The van der Waals surface area contributed by atoms with E-state index < -0.39 is 0 Å². The van der Waals surface area contributed by atoms with Gasteiger partial charge in [0.2, 0.25) is 0 Å². The van der Waals surface area contributed by atoms with Gasteiger partial charge in [-0.3, -0.25) is 0 Å². The van der Waals surface area contributed by atoms with Gasteiger partial charge in [-0.25, -0.2) is 0 Å². The summed E-state index contributed by atoms with van der Waals surface area (Å²) < 4.78 is 5.76. The Balaban J connectivity index is 2.58. The Labute approximate surface area is 96.6 Å². The lowest BCUT2D eigenvalue weighted by molar-refractivity contribution is 0.179. The van der Waals surface area contributed by atoms with Gasteiger partial charge in [0, 0.05) is 6.04 Å². The largest absolute Gasteiger partial charge is 0.488 e. The quantitative estimate of drug-likeness (QED) is 0.835. The van der Waals surface area contributed by atoms with Crippen LogP contribution in [0, 0.1) is 0 Å². The van der Waals surface area contributed by atoms with Crippen LogP contribution in [0.4, 0.5) is 0 Å². The first-order valence-corrected chi connectivity index (χ1v) is 5.67. The maximum atomic E-state index is 6.00. The molecule has 1 rings (SSSR count). The minimum absolute atomic E-state index is 0.102. The second-order valence-corrected chi connectivity index (χ2v) is 4.01. The van der Waals surface area contributed by atoms with Crippen LogP contribution in [-0.4, -0.2) is 18.7 Å². The number of halogens is 1. The number of nitrogens with one attached hydrogen (secondary N) is 1. The van der Waals surface area contributed by atoms with Crippen LogP contribution in [0.1, 0.15) is 20.8 Å². The Morgan fingerprint density at radius 2 is 2.00 bits per heavy atom. The second-order valence-electron chi connectivity index (χ2n) is 3.60. The van der Waals surface area contributed by atoms with E-state index in [1.165, 1.54) is 0 Å². The summed E-state index contributed by atoms with van der Waals surface area (Å²) in [4.78, 5) is 0. The van der Waals surface area contributed by atoms with Gasteiger partial charge in [0.25, 0.3) is 0 Å². The molecule has 0 spiro atoms. The number of benzene rings is 1. The van der Waals surface area contributed by atoms with E-state index in [9.17, 15) is 0 Å². The second kappa shape index (κ2) is 5.99. The van der Waals surface area contributed by atoms with Crippen molar-refractivity contribution < 1.29 is 4.74 Å². The number of ether oxygens (including phenoxy) is 1. The molecule has 0 aliphatic heterocycles. The van der Waals surface area contributed by atoms with Crippen molar-refractivity contribution in [1.29, 1.82) is 0 Å². The summed E-state index contributed by atoms with van der Waals surface area (Å²) in [5.41, 5.74) is 0. The first kappa shape index (κ1) is 12.3. The van der Waals surface area contributed by atoms with Gasteiger partial charge in [0.1, 0.15) is 11.9 Å². The van der Waals surface area contributed by atoms with E-state index in [1.54, 1.807) is 0 Å². The molecule has 0 aliphatic rings. The monoisotopic (exact) mass is 227 g/mol. The minimum atomic E-state index is 0.102. The molecule has 0 aromatic heterocycles. The molecule has 1 aromatic rings. The summed E-state index contributed by atoms with van der Waals surface area (Å²) in [5, 5.41) is 3.98. The van der Waals surface area contributed by atoms with Crippen LogP contribution in [0.5, 0.6) is 5.75 Å². The SMILES string of the molecule is CCNC(C)C(C)Oc1ccccc1Cl. The molecule has 1 aromatic carbocycles. The van der Waals surface area contributed by atoms with Crippen LogP contribution in [0.2, 0.25) is 5.02 Å². The average Bonchev–Trinajstić information content (AvgIpc) is 2.21. The first-order valence-electron chi connectivity index (χ1n) is 5.29. The Kier molecular flexibility index (Phi) is 4.92. The van der Waals surface area contributed by atoms with E-state index in [-0.39, 0.29) is 6.10 Å². The number of para-hydroxylation sites is 1. The van der Waals surface area contributed by atoms with Crippen LogP contribution in [0.3, 0.4) is 0 Å². The smallest absolute Gasteiger partial charge is 0.138 e. The standard InChI is InChI=1S/C12H18ClNO/c1-4-14-9(2)10(3)15-12-8-6-5-7-11(12)13/h5-10,14H,4H2,1-3H3. The molecule has 3 heteroatoms. The predicted molar refractivity (Wildman–Crippen MR) is 64.7 cm³/mol. The normalized spacial score (nSPS) is 14.7. The zero-order valence-corrected chi connectivity index (χ0v) is 10.2. The summed E-state index contributed by atoms with van der Waals surface area (Å²) in [6.45, 7) is 7.16. The van der Waals surface area contributed by atoms with E-state index in [1.807, 2.05) is 31.2 Å². The van der Waals surface area contributed by atoms with E-state index in [0.29, 0.717) is 11.1 Å². The van der Waals surface area contributed by atoms with Crippen LogP contribution >= 0.6 is 11.6 Å². The Morgan fingerprint density at radius 1 is 1.33 bits per heavy atom. The lowest BCUT2D eigenvalue weighted by atomic mass is 10.2. The van der Waals surface area contributed by atoms with Crippen molar-refractivity contribution in [2.75, 3.05) is 6.54 Å². The van der Waals surface area contributed by atoms with Gasteiger partial charge in [0.15, 0.2) is 0 Å². The third-order valence-corrected chi connectivity index (χ3v) is 2.69. The van der Waals surface area contributed by atoms with Crippen molar-refractivity contribution in [3.63, 3.8) is 0 Å². The van der Waals surface area contributed by atoms with Crippen LogP contribution < -0.4 is 10.1 Å². The molecule has 0 radical (unpaired) electrons. The van der Waals surface area contributed by atoms with Gasteiger partial charge in [-0.05, 0) is 32.5 Å². The van der Waals surface area contributed by atoms with Crippen LogP contribution in [-0.2, 0) is 0 Å². The maximum Gasteiger partial charge on any atom is 0.138 e. The molecule has 0 aliphatic carbocycles. The fraction of sp³-hybridized carbons (Fsp3) is 0.500. The minimum Gasteiger partial charge on any atom is -0.488 e. The van der Waals surface area contributed by atoms with Crippen molar-refractivity contribution in [1.82, 2.24) is 5.32 Å². The molecule has 84 valence electrons. The molecule has 0 fully saturated rings. The molecule has 1 N–H and O–H groups in total. The highest BCUT2D eigenvalue weighted by Gasteiger charge is 2.13. The van der Waals surface area contributed by atoms with Crippen molar-refractivity contribution in [2.24, 2.45) is 0 Å². The van der Waals surface area contributed by atoms with Crippen molar-refractivity contribution >= 4 is 11.6 Å². The molecule has 2 nitrogen and oxygen atoms in total. The van der Waals surface area contributed by atoms with Gasteiger partial charge >= 0.3 is 0 Å². The van der Waals surface area contributed by atoms with Gasteiger partial charge in [-0.1, -0.05) is 30.7 Å². The van der Waals surface area contributed by atoms with E-state index in [0.717, 1.165) is 12.3 Å². The molecule has 2 atom stereocenters. The third-order valence-electron chi connectivity index (χ3n) is 2.38. The fourth-order valence-corrected chi connectivity index (χ4v) is 1.51. The zero-order valence-electron chi connectivity index (χ0n) is 9.46. The lowest BCUT2D eigenvalue weighted by Crippen LogP contribution is -2.38. The zero-order chi connectivity index (χ0) is 11.3. The molecule has 0 saturated carbocycles. The summed E-state index contributed by atoms with van der Waals surface area (Å²) in [7, 11) is 0. The van der Waals surface area contributed by atoms with Gasteiger partial charge in [-0.2, -0.15) is 0 Å². The molecule has 0 saturated heterocycles. The van der Waals surface area contributed by atoms with Crippen molar-refractivity contribution in [2.45, 2.75) is 32.9 Å². The van der Waals surface area contributed by atoms with E-state index >= 15 is 0 Å². The van der Waals surface area contributed by atoms with Gasteiger partial charge in [-0.15, -0.1) is 0 Å². The van der Waals surface area contributed by atoms with E-state index in [2.05, 4.69) is 19.2 Å². The summed E-state index contributed by atoms with van der Waals surface area (Å²) >= 11 is 6.00. The summed E-state index contributed by atoms with van der Waals surface area (Å²) in [6.07, 6.45) is 0.102. The molecular formula is C12H18ClNO. The van der Waals surface area contributed by atoms with Crippen LogP contribution in [0.25, 0.3) is 0 Å². The topological polar surface area (TPSA) is 21.3 Å². The van der Waals surface area contributed by atoms with Crippen LogP contribution in [0.15, 0.2) is 24.3 Å². The predicted octanol–water partition coefficient (Wildman–Crippen LogP) is 3.11. The molecular weight excluding hydrogens is 210 g/mol. The Morgan fingerprint density at radius 3 is 2.60 bits per heavy atom. The maximum absolute atomic E-state index is 6.00. The van der Waals surface area contributed by atoms with E-state index in [4.69, 9.17) is 16.3 Å². The average molecular weight is 228 g/mol. The Bertz CT molecular complexity index is 303. The fourth-order valence-electron chi connectivity index (χ4n) is 1.33. The number of hydrogen-bond donors (Lipinski definition) is 1. The lowest BCUT2D eigenvalue weighted by Gasteiger charge is -2.22. The van der Waals surface area contributed by atoms with Crippen molar-refractivity contribution in [3.05, 3.63) is 29.3 Å². The van der Waals surface area contributed by atoms with Crippen molar-refractivity contribution in [3.8, 4) is 5.75 Å². The number of hydrogen-bond acceptors (Lipinski definition) is 2. The highest BCUT2D eigenvalue weighted by Crippen LogP contribution is 2.24. The summed E-state index contributed by atoms with van der Waals surface area (Å²) in [5.74, 6) is 0.747. The van der Waals surface area contributed by atoms with Gasteiger partial charge < -0.3 is 10.1 Å². The highest BCUT2D eigenvalue weighted by molar-refractivity contribution is 6.32. The first-order chi connectivity index (χ1) is 7.15. The highest BCUT2D eigenvalue weighted by atomic mass is 35.5.